The Labute approximate surface area is 264 Å². The molecular formula is C37H40N2O6. The highest BCUT2D eigenvalue weighted by Gasteiger charge is 2.34. The van der Waals surface area contributed by atoms with Crippen molar-refractivity contribution in [3.63, 3.8) is 0 Å². The van der Waals surface area contributed by atoms with E-state index in [2.05, 4.69) is 54.2 Å². The minimum absolute atomic E-state index is 0.0662. The van der Waals surface area contributed by atoms with Gasteiger partial charge in [-0.25, -0.2) is 0 Å². The monoisotopic (exact) mass is 608 g/mol. The number of nitrogens with zero attached hydrogens (tertiary/aromatic N) is 2. The molecule has 6 bridgehead atoms. The summed E-state index contributed by atoms with van der Waals surface area (Å²) in [7, 11) is 7.59. The van der Waals surface area contributed by atoms with Crippen LogP contribution in [0.5, 0.6) is 40.2 Å². The maximum Gasteiger partial charge on any atom is 0.174 e. The normalized spacial score (nSPS) is 19.5. The molecule has 0 radical (unpaired) electrons. The Balaban J connectivity index is 1.47. The van der Waals surface area contributed by atoms with Gasteiger partial charge < -0.3 is 29.2 Å². The second kappa shape index (κ2) is 11.9. The van der Waals surface area contributed by atoms with Crippen molar-refractivity contribution in [1.82, 2.24) is 9.80 Å². The van der Waals surface area contributed by atoms with Crippen LogP contribution in [0, 0.1) is 0 Å². The highest BCUT2D eigenvalue weighted by atomic mass is 16.5. The van der Waals surface area contributed by atoms with Gasteiger partial charge in [0, 0.05) is 36.3 Å². The zero-order valence-electron chi connectivity index (χ0n) is 26.3. The highest BCUT2D eigenvalue weighted by molar-refractivity contribution is 5.61. The molecule has 0 spiro atoms. The number of phenolic OH excluding ortho intramolecular Hbond substituents is 1. The third-order valence-electron chi connectivity index (χ3n) is 9.71. The lowest BCUT2D eigenvalue weighted by Crippen LogP contribution is -2.34. The van der Waals surface area contributed by atoms with Crippen molar-refractivity contribution in [2.45, 2.75) is 44.4 Å². The van der Waals surface area contributed by atoms with Crippen LogP contribution in [0.3, 0.4) is 0 Å². The predicted octanol–water partition coefficient (Wildman–Crippen LogP) is 6.34. The Morgan fingerprint density at radius 3 is 2.22 bits per heavy atom. The Morgan fingerprint density at radius 2 is 1.49 bits per heavy atom. The maximum atomic E-state index is 10.7. The number of hydrogen-bond acceptors (Lipinski definition) is 8. The van der Waals surface area contributed by atoms with Crippen LogP contribution in [0.1, 0.15) is 51.0 Å². The summed E-state index contributed by atoms with van der Waals surface area (Å²) in [6.07, 6.45) is 3.18. The van der Waals surface area contributed by atoms with Gasteiger partial charge in [0.05, 0.1) is 20.8 Å². The first-order valence-corrected chi connectivity index (χ1v) is 15.6. The van der Waals surface area contributed by atoms with Crippen LogP contribution in [0.2, 0.25) is 0 Å². The van der Waals surface area contributed by atoms with E-state index in [1.165, 1.54) is 16.7 Å². The molecule has 0 saturated carbocycles. The van der Waals surface area contributed by atoms with E-state index in [0.29, 0.717) is 46.5 Å². The van der Waals surface area contributed by atoms with Gasteiger partial charge in [0.2, 0.25) is 0 Å². The smallest absolute Gasteiger partial charge is 0.174 e. The number of rotatable bonds is 3. The van der Waals surface area contributed by atoms with Crippen molar-refractivity contribution in [2.75, 3.05) is 41.4 Å². The zero-order valence-corrected chi connectivity index (χ0v) is 26.3. The van der Waals surface area contributed by atoms with Crippen molar-refractivity contribution in [3.05, 3.63) is 99.6 Å². The molecule has 4 aliphatic heterocycles. The Morgan fingerprint density at radius 1 is 0.778 bits per heavy atom. The minimum Gasteiger partial charge on any atom is -0.504 e. The van der Waals surface area contributed by atoms with Gasteiger partial charge in [-0.1, -0.05) is 18.2 Å². The average molecular weight is 609 g/mol. The van der Waals surface area contributed by atoms with Crippen molar-refractivity contribution in [1.29, 1.82) is 0 Å². The van der Waals surface area contributed by atoms with E-state index in [0.717, 1.165) is 49.0 Å². The molecule has 1 unspecified atom stereocenters. The van der Waals surface area contributed by atoms with Crippen LogP contribution in [-0.2, 0) is 32.3 Å². The summed E-state index contributed by atoms with van der Waals surface area (Å²) < 4.78 is 25.1. The largest absolute Gasteiger partial charge is 0.504 e. The molecule has 0 aromatic heterocycles. The van der Waals surface area contributed by atoms with Crippen molar-refractivity contribution in [2.24, 2.45) is 0 Å². The van der Waals surface area contributed by atoms with Gasteiger partial charge in [0.15, 0.2) is 34.5 Å². The molecule has 234 valence electrons. The summed E-state index contributed by atoms with van der Waals surface area (Å²) in [5, 5.41) is 21.1. The summed E-state index contributed by atoms with van der Waals surface area (Å²) in [5.41, 5.74) is 7.49. The molecule has 45 heavy (non-hydrogen) atoms. The molecule has 8 heteroatoms. The molecule has 4 aromatic carbocycles. The molecule has 0 aliphatic carbocycles. The molecule has 8 rings (SSSR count). The van der Waals surface area contributed by atoms with Crippen LogP contribution < -0.4 is 18.9 Å². The molecule has 2 N–H and O–H groups in total. The molecule has 0 amide bonds. The van der Waals surface area contributed by atoms with E-state index in [1.54, 1.807) is 20.3 Å². The van der Waals surface area contributed by atoms with Crippen LogP contribution in [-0.4, -0.2) is 61.4 Å². The number of phenols is 1. The second-order valence-electron chi connectivity index (χ2n) is 12.4. The lowest BCUT2D eigenvalue weighted by Gasteiger charge is -2.37. The van der Waals surface area contributed by atoms with Gasteiger partial charge in [-0.05, 0) is 110 Å². The number of aliphatic hydroxyl groups excluding tert-OH is 1. The first-order chi connectivity index (χ1) is 21.9. The number of fused-ring (bicyclic) bond motifs is 2. The van der Waals surface area contributed by atoms with Gasteiger partial charge >= 0.3 is 0 Å². The molecule has 4 heterocycles. The van der Waals surface area contributed by atoms with Gasteiger partial charge in [0.25, 0.3) is 0 Å². The van der Waals surface area contributed by atoms with E-state index >= 15 is 0 Å². The summed E-state index contributed by atoms with van der Waals surface area (Å²) >= 11 is 0. The fourth-order valence-corrected chi connectivity index (χ4v) is 7.20. The first kappa shape index (κ1) is 29.5. The molecule has 4 aliphatic rings. The van der Waals surface area contributed by atoms with E-state index < -0.39 is 0 Å². The molecule has 8 nitrogen and oxygen atoms in total. The summed E-state index contributed by atoms with van der Waals surface area (Å²) in [6.45, 7) is 1.61. The SMILES string of the molecule is COc1cc2c3cc1Oc1c(OC)c(CO)cc4c1[C@@H](Cc1ccc(O)c(c1)Oc1ccc(cc1)CC3N(C)CC2)N(C)CC4. The number of aliphatic hydroxyl groups is 1. The van der Waals surface area contributed by atoms with Crippen LogP contribution in [0.4, 0.5) is 0 Å². The maximum absolute atomic E-state index is 10.7. The van der Waals surface area contributed by atoms with E-state index in [-0.39, 0.29) is 24.4 Å². The van der Waals surface area contributed by atoms with E-state index in [9.17, 15) is 10.2 Å². The van der Waals surface area contributed by atoms with Gasteiger partial charge in [0.1, 0.15) is 5.75 Å². The Bertz CT molecular complexity index is 1740. The molecule has 4 aromatic rings. The molecule has 2 atom stereocenters. The number of likely N-dealkylation sites (N-methyl/N-ethyl adjacent to an activating group) is 2. The van der Waals surface area contributed by atoms with Crippen LogP contribution >= 0.6 is 0 Å². The van der Waals surface area contributed by atoms with Gasteiger partial charge in [-0.15, -0.1) is 0 Å². The number of hydrogen-bond donors (Lipinski definition) is 2. The third kappa shape index (κ3) is 5.37. The number of aromatic hydroxyl groups is 1. The molecule has 0 saturated heterocycles. The quantitative estimate of drug-likeness (QED) is 0.279. The van der Waals surface area contributed by atoms with E-state index in [1.807, 2.05) is 24.3 Å². The molecule has 0 fully saturated rings. The standard InChI is InChI=1S/C37H40N2O6/c1-38-13-11-24-19-33(42-3)34-20-28(24)29(38)15-22-5-8-27(9-6-22)44-32-17-23(7-10-31(32)41)16-30-35-25(12-14-39(30)2)18-26(21-40)36(43-4)37(35)45-34/h5-10,17-20,29-30,40-41H,11-16,21H2,1-4H3/t29?,30-/m1/s1. The van der Waals surface area contributed by atoms with Crippen molar-refractivity contribution < 1.29 is 29.2 Å². The number of ether oxygens (including phenoxy) is 4. The van der Waals surface area contributed by atoms with Gasteiger partial charge in [-0.2, -0.15) is 0 Å². The van der Waals surface area contributed by atoms with Crippen molar-refractivity contribution in [3.8, 4) is 40.2 Å². The average Bonchev–Trinajstić information content (AvgIpc) is 3.05. The number of benzene rings is 4. The highest BCUT2D eigenvalue weighted by Crippen LogP contribution is 2.50. The fraction of sp³-hybridized carbons (Fsp3) is 0.351. The first-order valence-electron chi connectivity index (χ1n) is 15.6. The summed E-state index contributed by atoms with van der Waals surface area (Å²) in [6, 6.07) is 20.1. The summed E-state index contributed by atoms with van der Waals surface area (Å²) in [5.74, 6) is 3.59. The lowest BCUT2D eigenvalue weighted by atomic mass is 9.86. The van der Waals surface area contributed by atoms with E-state index in [4.69, 9.17) is 18.9 Å². The second-order valence-corrected chi connectivity index (χ2v) is 12.4. The number of methoxy groups -OCH3 is 2. The van der Waals surface area contributed by atoms with Crippen molar-refractivity contribution >= 4 is 0 Å². The molecular weight excluding hydrogens is 568 g/mol. The minimum atomic E-state index is -0.168. The third-order valence-corrected chi connectivity index (χ3v) is 9.71. The predicted molar refractivity (Wildman–Crippen MR) is 172 cm³/mol. The topological polar surface area (TPSA) is 83.9 Å². The zero-order chi connectivity index (χ0) is 31.2. The summed E-state index contributed by atoms with van der Waals surface area (Å²) in [4.78, 5) is 4.72. The lowest BCUT2D eigenvalue weighted by molar-refractivity contribution is 0.219. The van der Waals surface area contributed by atoms with Crippen LogP contribution in [0.25, 0.3) is 0 Å². The Kier molecular flexibility index (Phi) is 7.81. The fourth-order valence-electron chi connectivity index (χ4n) is 7.20. The van der Waals surface area contributed by atoms with Crippen LogP contribution in [0.15, 0.2) is 60.7 Å². The van der Waals surface area contributed by atoms with Gasteiger partial charge in [-0.3, -0.25) is 9.80 Å². The Hall–Kier alpha value is -4.24.